The average molecular weight is 477 g/mol. The van der Waals surface area contributed by atoms with Crippen LogP contribution in [-0.4, -0.2) is 40.4 Å². The van der Waals surface area contributed by atoms with Gasteiger partial charge in [-0.2, -0.15) is 5.10 Å². The quantitative estimate of drug-likeness (QED) is 0.301. The van der Waals surface area contributed by atoms with E-state index in [1.807, 2.05) is 30.3 Å². The number of allylic oxidation sites excluding steroid dienone is 1. The molecule has 0 spiro atoms. The second-order valence-electron chi connectivity index (χ2n) is 7.65. The molecule has 3 aromatic rings. The number of carbonyl (C=O) groups excluding carboxylic acids is 2. The lowest BCUT2D eigenvalue weighted by Crippen LogP contribution is -2.45. The summed E-state index contributed by atoms with van der Waals surface area (Å²) in [6.07, 6.45) is 1.68. The molecule has 1 aliphatic heterocycles. The molecule has 0 fully saturated rings. The van der Waals surface area contributed by atoms with Crippen molar-refractivity contribution in [3.05, 3.63) is 81.7 Å². The molecule has 1 aliphatic rings. The van der Waals surface area contributed by atoms with Gasteiger partial charge in [0, 0.05) is 29.1 Å². The molecule has 11 heteroatoms. The molecular formula is C24H23N5O6. The van der Waals surface area contributed by atoms with Crippen LogP contribution in [0.1, 0.15) is 25.5 Å². The summed E-state index contributed by atoms with van der Waals surface area (Å²) in [7, 11) is 1.25. The number of hydrogen-bond acceptors (Lipinski definition) is 7. The second kappa shape index (κ2) is 9.67. The maximum absolute atomic E-state index is 12.6. The molecule has 2 N–H and O–H groups in total. The second-order valence-corrected chi connectivity index (χ2v) is 7.65. The molecule has 0 saturated heterocycles. The Morgan fingerprint density at radius 2 is 1.97 bits per heavy atom. The topological polar surface area (TPSA) is 138 Å². The van der Waals surface area contributed by atoms with Crippen LogP contribution < -0.4 is 15.4 Å². The van der Waals surface area contributed by atoms with E-state index in [4.69, 9.17) is 9.47 Å². The number of para-hydroxylation sites is 1. The fraction of sp³-hybridized carbons (Fsp3) is 0.208. The minimum atomic E-state index is -0.908. The highest BCUT2D eigenvalue weighted by molar-refractivity contribution is 5.95. The van der Waals surface area contributed by atoms with Crippen LogP contribution in [0, 0.1) is 10.1 Å². The average Bonchev–Trinajstić information content (AvgIpc) is 3.29. The fourth-order valence-electron chi connectivity index (χ4n) is 3.93. The van der Waals surface area contributed by atoms with Gasteiger partial charge < -0.3 is 20.1 Å². The van der Waals surface area contributed by atoms with E-state index >= 15 is 0 Å². The van der Waals surface area contributed by atoms with E-state index in [0.29, 0.717) is 22.5 Å². The van der Waals surface area contributed by atoms with Gasteiger partial charge in [0.2, 0.25) is 0 Å². The highest BCUT2D eigenvalue weighted by atomic mass is 16.6. The molecule has 0 unspecified atom stereocenters. The van der Waals surface area contributed by atoms with Gasteiger partial charge in [-0.1, -0.05) is 18.2 Å². The molecular weight excluding hydrogens is 454 g/mol. The number of rotatable bonds is 7. The number of benzene rings is 2. The number of nitro groups is 1. The first kappa shape index (κ1) is 23.5. The normalized spacial score (nSPS) is 15.3. The molecule has 0 bridgehead atoms. The van der Waals surface area contributed by atoms with Crippen LogP contribution in [0.2, 0.25) is 0 Å². The van der Waals surface area contributed by atoms with Gasteiger partial charge in [-0.05, 0) is 38.1 Å². The first-order valence-electron chi connectivity index (χ1n) is 10.8. The van der Waals surface area contributed by atoms with Gasteiger partial charge in [0.15, 0.2) is 5.75 Å². The summed E-state index contributed by atoms with van der Waals surface area (Å²) in [6, 6.07) is 12.3. The molecule has 180 valence electrons. The van der Waals surface area contributed by atoms with Crippen molar-refractivity contribution >= 4 is 17.7 Å². The molecule has 4 rings (SSSR count). The zero-order chi connectivity index (χ0) is 25.1. The standard InChI is InChI=1S/C24H23N5O6/c1-4-35-19-11-10-15(12-18(19)29(32)33)21-17(13-28(27-21)16-8-6-5-7-9-16)22-20(23(30)34-3)14(2)25-24(31)26-22/h5-13,22H,4H2,1-3H3,(H2,25,26,31)/t22-/m1/s1. The summed E-state index contributed by atoms with van der Waals surface area (Å²) >= 11 is 0. The third-order valence-electron chi connectivity index (χ3n) is 5.48. The number of nitrogens with one attached hydrogen (secondary N) is 2. The van der Waals surface area contributed by atoms with E-state index in [9.17, 15) is 19.7 Å². The molecule has 0 saturated carbocycles. The van der Waals surface area contributed by atoms with E-state index in [-0.39, 0.29) is 23.6 Å². The summed E-state index contributed by atoms with van der Waals surface area (Å²) < 4.78 is 11.9. The van der Waals surface area contributed by atoms with E-state index in [2.05, 4.69) is 15.7 Å². The van der Waals surface area contributed by atoms with Crippen molar-refractivity contribution < 1.29 is 24.0 Å². The van der Waals surface area contributed by atoms with Gasteiger partial charge >= 0.3 is 17.7 Å². The molecule has 1 atom stereocenters. The van der Waals surface area contributed by atoms with Crippen LogP contribution in [0.25, 0.3) is 16.9 Å². The molecule has 2 aromatic carbocycles. The number of methoxy groups -OCH3 is 1. The lowest BCUT2D eigenvalue weighted by molar-refractivity contribution is -0.385. The van der Waals surface area contributed by atoms with Crippen LogP contribution >= 0.6 is 0 Å². The van der Waals surface area contributed by atoms with Gasteiger partial charge in [0.1, 0.15) is 0 Å². The van der Waals surface area contributed by atoms with Gasteiger partial charge in [0.05, 0.1) is 41.6 Å². The highest BCUT2D eigenvalue weighted by Gasteiger charge is 2.35. The van der Waals surface area contributed by atoms with Crippen molar-refractivity contribution in [2.75, 3.05) is 13.7 Å². The molecule has 2 amide bonds. The predicted octanol–water partition coefficient (Wildman–Crippen LogP) is 3.65. The van der Waals surface area contributed by atoms with Gasteiger partial charge in [-0.15, -0.1) is 0 Å². The number of nitro benzene ring substituents is 1. The fourth-order valence-corrected chi connectivity index (χ4v) is 3.93. The maximum atomic E-state index is 12.6. The third kappa shape index (κ3) is 4.56. The van der Waals surface area contributed by atoms with Gasteiger partial charge in [-0.3, -0.25) is 10.1 Å². The number of nitrogens with zero attached hydrogens (tertiary/aromatic N) is 3. The van der Waals surface area contributed by atoms with Crippen molar-refractivity contribution in [3.8, 4) is 22.7 Å². The molecule has 0 radical (unpaired) electrons. The Balaban J connectivity index is 1.94. The minimum absolute atomic E-state index is 0.131. The lowest BCUT2D eigenvalue weighted by atomic mass is 9.93. The third-order valence-corrected chi connectivity index (χ3v) is 5.48. The Bertz CT molecular complexity index is 1330. The Kier molecular flexibility index (Phi) is 6.49. The first-order chi connectivity index (χ1) is 16.8. The van der Waals surface area contributed by atoms with E-state index in [1.54, 1.807) is 30.8 Å². The number of hydrogen-bond donors (Lipinski definition) is 2. The summed E-state index contributed by atoms with van der Waals surface area (Å²) in [5, 5.41) is 21.7. The van der Waals surface area contributed by atoms with Crippen molar-refractivity contribution in [3.63, 3.8) is 0 Å². The van der Waals surface area contributed by atoms with Crippen molar-refractivity contribution in [2.45, 2.75) is 19.9 Å². The van der Waals surface area contributed by atoms with Crippen LogP contribution in [0.3, 0.4) is 0 Å². The zero-order valence-corrected chi connectivity index (χ0v) is 19.3. The van der Waals surface area contributed by atoms with Crippen LogP contribution in [0.4, 0.5) is 10.5 Å². The molecule has 1 aromatic heterocycles. The number of ether oxygens (including phenoxy) is 2. The van der Waals surface area contributed by atoms with Crippen molar-refractivity contribution in [1.82, 2.24) is 20.4 Å². The zero-order valence-electron chi connectivity index (χ0n) is 19.3. The van der Waals surface area contributed by atoms with Crippen molar-refractivity contribution in [1.29, 1.82) is 0 Å². The first-order valence-corrected chi connectivity index (χ1v) is 10.8. The Hall–Kier alpha value is -4.67. The van der Waals surface area contributed by atoms with Gasteiger partial charge in [0.25, 0.3) is 0 Å². The molecule has 2 heterocycles. The van der Waals surface area contributed by atoms with Gasteiger partial charge in [-0.25, -0.2) is 14.3 Å². The number of esters is 1. The minimum Gasteiger partial charge on any atom is -0.487 e. The summed E-state index contributed by atoms with van der Waals surface area (Å²) in [6.45, 7) is 3.60. The number of carbonyl (C=O) groups is 2. The van der Waals surface area contributed by atoms with E-state index in [1.165, 1.54) is 19.2 Å². The number of amides is 2. The predicted molar refractivity (Wildman–Crippen MR) is 126 cm³/mol. The Morgan fingerprint density at radius 1 is 1.23 bits per heavy atom. The number of aromatic nitrogens is 2. The van der Waals surface area contributed by atoms with Crippen molar-refractivity contribution in [2.24, 2.45) is 0 Å². The smallest absolute Gasteiger partial charge is 0.337 e. The largest absolute Gasteiger partial charge is 0.487 e. The molecule has 0 aliphatic carbocycles. The Labute approximate surface area is 200 Å². The Morgan fingerprint density at radius 3 is 2.63 bits per heavy atom. The monoisotopic (exact) mass is 477 g/mol. The highest BCUT2D eigenvalue weighted by Crippen LogP contribution is 2.38. The van der Waals surface area contributed by atoms with Crippen LogP contribution in [0.15, 0.2) is 66.0 Å². The summed E-state index contributed by atoms with van der Waals surface area (Å²) in [5.74, 6) is -0.498. The van der Waals surface area contributed by atoms with Crippen LogP contribution in [0.5, 0.6) is 5.75 Å². The molecule has 11 nitrogen and oxygen atoms in total. The summed E-state index contributed by atoms with van der Waals surface area (Å²) in [5.41, 5.74) is 2.26. The van der Waals surface area contributed by atoms with E-state index in [0.717, 1.165) is 5.69 Å². The number of urea groups is 1. The van der Waals surface area contributed by atoms with E-state index < -0.39 is 23.0 Å². The molecule has 35 heavy (non-hydrogen) atoms. The lowest BCUT2D eigenvalue weighted by Gasteiger charge is -2.27. The summed E-state index contributed by atoms with van der Waals surface area (Å²) in [4.78, 5) is 36.2. The maximum Gasteiger partial charge on any atom is 0.337 e. The SMILES string of the molecule is CCOc1ccc(-c2nn(-c3ccccc3)cc2[C@H]2NC(=O)NC(C)=C2C(=O)OC)cc1[N+](=O)[O-]. The van der Waals surface area contributed by atoms with Crippen LogP contribution in [-0.2, 0) is 9.53 Å².